The van der Waals surface area contributed by atoms with E-state index in [1.807, 2.05) is 121 Å². The highest BCUT2D eigenvalue weighted by Crippen LogP contribution is 2.63. The molecule has 34 heavy (non-hydrogen) atoms. The Morgan fingerprint density at radius 3 is 0.882 bits per heavy atom. The summed E-state index contributed by atoms with van der Waals surface area (Å²) in [6, 6.07) is 39.6. The van der Waals surface area contributed by atoms with Crippen LogP contribution in [-0.4, -0.2) is 11.3 Å². The van der Waals surface area contributed by atoms with E-state index in [9.17, 15) is 0 Å². The van der Waals surface area contributed by atoms with Crippen LogP contribution in [0.25, 0.3) is 0 Å². The van der Waals surface area contributed by atoms with Gasteiger partial charge in [0.2, 0.25) is 0 Å². The van der Waals surface area contributed by atoms with Crippen LogP contribution in [0.2, 0.25) is 0 Å². The maximum Gasteiger partial charge on any atom is 0.146 e. The summed E-state index contributed by atoms with van der Waals surface area (Å²) in [6.07, 6.45) is 3.65. The highest BCUT2D eigenvalue weighted by atomic mass is 31.2. The fourth-order valence-electron chi connectivity index (χ4n) is 5.60. The second kappa shape index (κ2) is 9.91. The lowest BCUT2D eigenvalue weighted by Crippen LogP contribution is -2.41. The van der Waals surface area contributed by atoms with Gasteiger partial charge in [0.15, 0.2) is 0 Å². The first kappa shape index (κ1) is 23.1. The molecule has 4 aromatic rings. The van der Waals surface area contributed by atoms with Crippen molar-refractivity contribution in [3.05, 3.63) is 121 Å². The summed E-state index contributed by atoms with van der Waals surface area (Å²) in [7, 11) is -6.13. The molecule has 0 saturated heterocycles. The second-order valence-corrected chi connectivity index (χ2v) is 15.1. The van der Waals surface area contributed by atoms with Gasteiger partial charge in [-0.25, -0.2) is 0 Å². The van der Waals surface area contributed by atoms with Crippen molar-refractivity contribution in [3.63, 3.8) is 0 Å². The zero-order valence-corrected chi connectivity index (χ0v) is 21.0. The van der Waals surface area contributed by atoms with Crippen LogP contribution in [0.4, 0.5) is 0 Å². The first-order chi connectivity index (χ1) is 16.6. The van der Waals surface area contributed by atoms with E-state index in [1.165, 1.54) is 0 Å². The van der Waals surface area contributed by atoms with Crippen LogP contribution < -0.4 is 21.2 Å². The first-order valence-corrected chi connectivity index (χ1v) is 15.6. The van der Waals surface area contributed by atoms with Gasteiger partial charge in [-0.05, 0) is 12.8 Å². The molecule has 1 saturated carbocycles. The van der Waals surface area contributed by atoms with Crippen LogP contribution in [-0.2, 0) is 9.13 Å². The van der Waals surface area contributed by atoms with Crippen LogP contribution >= 0.6 is 14.3 Å². The maximum absolute atomic E-state index is 15.4. The van der Waals surface area contributed by atoms with Crippen molar-refractivity contribution in [1.29, 1.82) is 0 Å². The maximum atomic E-state index is 15.4. The van der Waals surface area contributed by atoms with Gasteiger partial charge in [0.25, 0.3) is 0 Å². The Kier molecular flexibility index (Phi) is 6.73. The minimum absolute atomic E-state index is 0.183. The molecule has 2 nitrogen and oxygen atoms in total. The Morgan fingerprint density at radius 2 is 0.647 bits per heavy atom. The Balaban J connectivity index is 1.74. The molecule has 1 fully saturated rings. The van der Waals surface area contributed by atoms with Crippen molar-refractivity contribution >= 4 is 35.5 Å². The van der Waals surface area contributed by atoms with E-state index in [0.717, 1.165) is 46.9 Å². The molecule has 0 N–H and O–H groups in total. The number of hydrogen-bond donors (Lipinski definition) is 0. The molecule has 4 aromatic carbocycles. The summed E-state index contributed by atoms with van der Waals surface area (Å²) < 4.78 is 30.7. The standard InChI is InChI=1S/C30H30O2P2/c31-33(25-15-5-1-6-16-25,26-17-7-2-8-18-26)29-23-13-14-24-30(29)34(32,27-19-9-3-10-20-27)28-21-11-4-12-22-28/h1-12,15-22,29-30H,13-14,23-24H2/t29-,30-/m1/s1. The van der Waals surface area contributed by atoms with E-state index in [4.69, 9.17) is 0 Å². The third-order valence-corrected chi connectivity index (χ3v) is 14.8. The van der Waals surface area contributed by atoms with Crippen LogP contribution in [0.3, 0.4) is 0 Å². The summed E-state index contributed by atoms with van der Waals surface area (Å²) in [5.41, 5.74) is -0.366. The predicted octanol–water partition coefficient (Wildman–Crippen LogP) is 6.33. The van der Waals surface area contributed by atoms with Gasteiger partial charge in [-0.15, -0.1) is 0 Å². The molecule has 1 aliphatic rings. The molecular weight excluding hydrogens is 454 g/mol. The lowest BCUT2D eigenvalue weighted by atomic mass is 9.99. The molecule has 172 valence electrons. The summed E-state index contributed by atoms with van der Waals surface area (Å²) in [5.74, 6) is 0. The van der Waals surface area contributed by atoms with Gasteiger partial charge in [0.1, 0.15) is 14.3 Å². The SMILES string of the molecule is O=P(c1ccccc1)(c1ccccc1)[C@@H]1CCCC[C@H]1P(=O)(c1ccccc1)c1ccccc1. The lowest BCUT2D eigenvalue weighted by Gasteiger charge is -2.42. The van der Waals surface area contributed by atoms with E-state index in [0.29, 0.717) is 0 Å². The average molecular weight is 485 g/mol. The van der Waals surface area contributed by atoms with Crippen LogP contribution in [0.1, 0.15) is 25.7 Å². The zero-order chi connectivity index (χ0) is 23.4. The van der Waals surface area contributed by atoms with Gasteiger partial charge in [-0.3, -0.25) is 0 Å². The lowest BCUT2D eigenvalue weighted by molar-refractivity contribution is 0.480. The van der Waals surface area contributed by atoms with Gasteiger partial charge in [0, 0.05) is 32.5 Å². The predicted molar refractivity (Wildman–Crippen MR) is 146 cm³/mol. The topological polar surface area (TPSA) is 34.1 Å². The van der Waals surface area contributed by atoms with Gasteiger partial charge < -0.3 is 9.13 Å². The fraction of sp³-hybridized carbons (Fsp3) is 0.200. The number of benzene rings is 4. The van der Waals surface area contributed by atoms with Gasteiger partial charge in [-0.2, -0.15) is 0 Å². The van der Waals surface area contributed by atoms with Crippen molar-refractivity contribution in [3.8, 4) is 0 Å². The monoisotopic (exact) mass is 484 g/mol. The van der Waals surface area contributed by atoms with Crippen molar-refractivity contribution in [2.45, 2.75) is 37.0 Å². The molecule has 4 heteroatoms. The van der Waals surface area contributed by atoms with E-state index in [1.54, 1.807) is 0 Å². The van der Waals surface area contributed by atoms with Crippen molar-refractivity contribution in [1.82, 2.24) is 0 Å². The van der Waals surface area contributed by atoms with Crippen LogP contribution in [0.15, 0.2) is 121 Å². The zero-order valence-electron chi connectivity index (χ0n) is 19.2. The largest absolute Gasteiger partial charge is 0.313 e. The molecule has 0 aliphatic heterocycles. The molecule has 1 aliphatic carbocycles. The van der Waals surface area contributed by atoms with Crippen LogP contribution in [0, 0.1) is 0 Å². The quantitative estimate of drug-likeness (QED) is 0.300. The number of hydrogen-bond acceptors (Lipinski definition) is 2. The third-order valence-electron chi connectivity index (χ3n) is 7.19. The third kappa shape index (κ3) is 4.04. The molecule has 0 heterocycles. The highest BCUT2D eigenvalue weighted by Gasteiger charge is 2.50. The molecule has 0 radical (unpaired) electrons. The Bertz CT molecular complexity index is 1110. The molecule has 5 rings (SSSR count). The minimum atomic E-state index is -3.07. The van der Waals surface area contributed by atoms with E-state index < -0.39 is 14.3 Å². The Hall–Kier alpha value is -2.66. The molecule has 0 spiro atoms. The second-order valence-electron chi connectivity index (χ2n) is 9.08. The molecule has 0 bridgehead atoms. The Labute approximate surface area is 202 Å². The van der Waals surface area contributed by atoms with E-state index in [-0.39, 0.29) is 11.3 Å². The minimum Gasteiger partial charge on any atom is -0.313 e. The summed E-state index contributed by atoms with van der Waals surface area (Å²) in [5, 5.41) is 3.47. The van der Waals surface area contributed by atoms with Gasteiger partial charge in [-0.1, -0.05) is 134 Å². The van der Waals surface area contributed by atoms with Crippen molar-refractivity contribution in [2.75, 3.05) is 0 Å². The smallest absolute Gasteiger partial charge is 0.146 e. The molecular formula is C30H30O2P2. The molecule has 2 atom stereocenters. The van der Waals surface area contributed by atoms with Gasteiger partial charge >= 0.3 is 0 Å². The van der Waals surface area contributed by atoms with Gasteiger partial charge in [0.05, 0.1) is 0 Å². The molecule has 0 unspecified atom stereocenters. The van der Waals surface area contributed by atoms with E-state index >= 15 is 9.13 Å². The normalized spacial score (nSPS) is 18.9. The molecule has 0 aromatic heterocycles. The number of rotatable bonds is 6. The summed E-state index contributed by atoms with van der Waals surface area (Å²) in [4.78, 5) is 0. The van der Waals surface area contributed by atoms with Crippen LogP contribution in [0.5, 0.6) is 0 Å². The Morgan fingerprint density at radius 1 is 0.412 bits per heavy atom. The summed E-state index contributed by atoms with van der Waals surface area (Å²) >= 11 is 0. The van der Waals surface area contributed by atoms with Crippen molar-refractivity contribution < 1.29 is 9.13 Å². The molecule has 0 amide bonds. The highest BCUT2D eigenvalue weighted by molar-refractivity contribution is 7.83. The summed E-state index contributed by atoms with van der Waals surface area (Å²) in [6.45, 7) is 0. The first-order valence-electron chi connectivity index (χ1n) is 12.1. The van der Waals surface area contributed by atoms with E-state index in [2.05, 4.69) is 0 Å². The fourth-order valence-corrected chi connectivity index (χ4v) is 13.7. The van der Waals surface area contributed by atoms with Crippen molar-refractivity contribution in [2.24, 2.45) is 0 Å². The average Bonchev–Trinajstić information content (AvgIpc) is 2.94.